The van der Waals surface area contributed by atoms with Crippen LogP contribution in [0.4, 0.5) is 13.2 Å². The van der Waals surface area contributed by atoms with Crippen LogP contribution in [0, 0.1) is 0 Å². The van der Waals surface area contributed by atoms with Crippen molar-refractivity contribution in [2.24, 2.45) is 4.99 Å². The molecular formula is C18H29F3N4O. The van der Waals surface area contributed by atoms with E-state index in [0.717, 1.165) is 18.7 Å². The molecule has 26 heavy (non-hydrogen) atoms. The number of nitrogens with zero attached hydrogens (tertiary/aromatic N) is 1. The molecule has 5 nitrogen and oxygen atoms in total. The van der Waals surface area contributed by atoms with E-state index in [1.54, 1.807) is 19.2 Å². The third kappa shape index (κ3) is 10.9. The first-order valence-electron chi connectivity index (χ1n) is 8.51. The molecule has 0 amide bonds. The van der Waals surface area contributed by atoms with Crippen LogP contribution in [0.3, 0.4) is 0 Å². The Labute approximate surface area is 153 Å². The fraction of sp³-hybridized carbons (Fsp3) is 0.611. The quantitative estimate of drug-likeness (QED) is 0.372. The minimum atomic E-state index is -4.30. The molecule has 0 saturated heterocycles. The summed E-state index contributed by atoms with van der Waals surface area (Å²) in [6, 6.07) is 7.23. The Balaban J connectivity index is 2.32. The summed E-state index contributed by atoms with van der Waals surface area (Å²) in [6.45, 7) is 7.16. The SMILES string of the molecule is CN=C(NCCNC(C)(C)C)NCc1ccc(COCC(F)(F)F)cc1. The van der Waals surface area contributed by atoms with Gasteiger partial charge in [0.2, 0.25) is 0 Å². The average Bonchev–Trinajstić information content (AvgIpc) is 2.53. The molecule has 0 aliphatic rings. The van der Waals surface area contributed by atoms with Gasteiger partial charge < -0.3 is 20.7 Å². The van der Waals surface area contributed by atoms with Crippen molar-refractivity contribution in [3.8, 4) is 0 Å². The van der Waals surface area contributed by atoms with E-state index >= 15 is 0 Å². The zero-order valence-electron chi connectivity index (χ0n) is 15.8. The number of alkyl halides is 3. The van der Waals surface area contributed by atoms with Crippen LogP contribution in [0.25, 0.3) is 0 Å². The molecule has 0 fully saturated rings. The lowest BCUT2D eigenvalue weighted by Gasteiger charge is -2.21. The van der Waals surface area contributed by atoms with Gasteiger partial charge in [0, 0.05) is 32.2 Å². The Hall–Kier alpha value is -1.80. The van der Waals surface area contributed by atoms with Gasteiger partial charge in [-0.1, -0.05) is 24.3 Å². The molecule has 0 aromatic heterocycles. The standard InChI is InChI=1S/C18H29F3N4O/c1-17(2,3)25-10-9-23-16(22-4)24-11-14-5-7-15(8-6-14)12-26-13-18(19,20)21/h5-8,25H,9-13H2,1-4H3,(H2,22,23,24). The molecule has 1 aromatic rings. The number of ether oxygens (including phenoxy) is 1. The van der Waals surface area contributed by atoms with E-state index in [4.69, 9.17) is 0 Å². The summed E-state index contributed by atoms with van der Waals surface area (Å²) in [5.74, 6) is 0.693. The Morgan fingerprint density at radius 3 is 2.15 bits per heavy atom. The van der Waals surface area contributed by atoms with E-state index in [1.807, 2.05) is 12.1 Å². The van der Waals surface area contributed by atoms with E-state index in [2.05, 4.69) is 46.5 Å². The van der Waals surface area contributed by atoms with Crippen LogP contribution in [-0.2, 0) is 17.9 Å². The summed E-state index contributed by atoms with van der Waals surface area (Å²) in [5.41, 5.74) is 1.78. The van der Waals surface area contributed by atoms with Crippen molar-refractivity contribution in [2.75, 3.05) is 26.7 Å². The summed E-state index contributed by atoms with van der Waals surface area (Å²) in [4.78, 5) is 4.16. The molecule has 3 N–H and O–H groups in total. The zero-order valence-corrected chi connectivity index (χ0v) is 15.8. The second-order valence-corrected chi connectivity index (χ2v) is 6.95. The summed E-state index contributed by atoms with van der Waals surface area (Å²) in [6.07, 6.45) is -4.30. The lowest BCUT2D eigenvalue weighted by molar-refractivity contribution is -0.176. The van der Waals surface area contributed by atoms with Crippen LogP contribution >= 0.6 is 0 Å². The van der Waals surface area contributed by atoms with Gasteiger partial charge >= 0.3 is 6.18 Å². The van der Waals surface area contributed by atoms with E-state index in [1.165, 1.54) is 0 Å². The van der Waals surface area contributed by atoms with Crippen molar-refractivity contribution in [1.29, 1.82) is 0 Å². The smallest absolute Gasteiger partial charge is 0.367 e. The molecule has 0 atom stereocenters. The minimum Gasteiger partial charge on any atom is -0.367 e. The Bertz CT molecular complexity index is 551. The second-order valence-electron chi connectivity index (χ2n) is 6.95. The number of rotatable bonds is 8. The third-order valence-corrected chi connectivity index (χ3v) is 3.31. The van der Waals surface area contributed by atoms with Gasteiger partial charge in [-0.2, -0.15) is 13.2 Å². The van der Waals surface area contributed by atoms with E-state index in [9.17, 15) is 13.2 Å². The number of halogens is 3. The first-order chi connectivity index (χ1) is 12.1. The first kappa shape index (κ1) is 22.2. The Morgan fingerprint density at radius 1 is 1.00 bits per heavy atom. The fourth-order valence-electron chi connectivity index (χ4n) is 2.06. The molecule has 0 bridgehead atoms. The lowest BCUT2D eigenvalue weighted by Crippen LogP contribution is -2.44. The Kier molecular flexibility index (Phi) is 8.87. The molecule has 0 aliphatic carbocycles. The number of nitrogens with one attached hydrogen (secondary N) is 3. The summed E-state index contributed by atoms with van der Waals surface area (Å²) < 4.78 is 40.8. The lowest BCUT2D eigenvalue weighted by atomic mass is 10.1. The predicted octanol–water partition coefficient (Wildman–Crippen LogP) is 2.82. The highest BCUT2D eigenvalue weighted by molar-refractivity contribution is 5.79. The molecule has 0 aliphatic heterocycles. The first-order valence-corrected chi connectivity index (χ1v) is 8.51. The topological polar surface area (TPSA) is 57.7 Å². The molecule has 0 unspecified atom stereocenters. The Morgan fingerprint density at radius 2 is 1.62 bits per heavy atom. The number of hydrogen-bond acceptors (Lipinski definition) is 3. The minimum absolute atomic E-state index is 0.0583. The highest BCUT2D eigenvalue weighted by atomic mass is 19.4. The van der Waals surface area contributed by atoms with E-state index < -0.39 is 12.8 Å². The van der Waals surface area contributed by atoms with Crippen LogP contribution < -0.4 is 16.0 Å². The molecular weight excluding hydrogens is 345 g/mol. The van der Waals surface area contributed by atoms with E-state index in [-0.39, 0.29) is 12.1 Å². The molecule has 1 rings (SSSR count). The largest absolute Gasteiger partial charge is 0.411 e. The van der Waals surface area contributed by atoms with Gasteiger partial charge in [0.15, 0.2) is 5.96 Å². The van der Waals surface area contributed by atoms with Crippen LogP contribution in [0.15, 0.2) is 29.3 Å². The third-order valence-electron chi connectivity index (χ3n) is 3.31. The van der Waals surface area contributed by atoms with Gasteiger partial charge in [0.25, 0.3) is 0 Å². The monoisotopic (exact) mass is 374 g/mol. The highest BCUT2D eigenvalue weighted by Crippen LogP contribution is 2.15. The van der Waals surface area contributed by atoms with Gasteiger partial charge in [-0.25, -0.2) is 0 Å². The summed E-state index contributed by atoms with van der Waals surface area (Å²) in [5, 5.41) is 9.79. The second kappa shape index (κ2) is 10.4. The van der Waals surface area contributed by atoms with Gasteiger partial charge in [0.1, 0.15) is 6.61 Å². The molecule has 0 saturated carbocycles. The van der Waals surface area contributed by atoms with Crippen molar-refractivity contribution in [3.05, 3.63) is 35.4 Å². The van der Waals surface area contributed by atoms with Gasteiger partial charge in [0.05, 0.1) is 6.61 Å². The van der Waals surface area contributed by atoms with E-state index in [0.29, 0.717) is 18.1 Å². The number of hydrogen-bond donors (Lipinski definition) is 3. The fourth-order valence-corrected chi connectivity index (χ4v) is 2.06. The van der Waals surface area contributed by atoms with Crippen LogP contribution in [0.5, 0.6) is 0 Å². The zero-order chi connectivity index (χ0) is 19.6. The summed E-state index contributed by atoms with van der Waals surface area (Å²) >= 11 is 0. The van der Waals surface area contributed by atoms with Gasteiger partial charge in [-0.05, 0) is 31.9 Å². The van der Waals surface area contributed by atoms with Crippen molar-refractivity contribution in [1.82, 2.24) is 16.0 Å². The maximum atomic E-state index is 12.0. The number of guanidine groups is 1. The molecule has 8 heteroatoms. The molecule has 0 heterocycles. The normalized spacial score (nSPS) is 13.0. The van der Waals surface area contributed by atoms with Crippen molar-refractivity contribution in [3.63, 3.8) is 0 Å². The van der Waals surface area contributed by atoms with Crippen LogP contribution in [-0.4, -0.2) is 44.4 Å². The maximum absolute atomic E-state index is 12.0. The van der Waals surface area contributed by atoms with Crippen molar-refractivity contribution >= 4 is 5.96 Å². The van der Waals surface area contributed by atoms with Crippen LogP contribution in [0.1, 0.15) is 31.9 Å². The van der Waals surface area contributed by atoms with Gasteiger partial charge in [-0.3, -0.25) is 4.99 Å². The molecule has 1 aromatic carbocycles. The molecule has 148 valence electrons. The summed E-state index contributed by atoms with van der Waals surface area (Å²) in [7, 11) is 1.70. The highest BCUT2D eigenvalue weighted by Gasteiger charge is 2.27. The van der Waals surface area contributed by atoms with Gasteiger partial charge in [-0.15, -0.1) is 0 Å². The molecule has 0 spiro atoms. The molecule has 0 radical (unpaired) electrons. The van der Waals surface area contributed by atoms with Crippen molar-refractivity contribution < 1.29 is 17.9 Å². The average molecular weight is 374 g/mol. The predicted molar refractivity (Wildman–Crippen MR) is 98.1 cm³/mol. The maximum Gasteiger partial charge on any atom is 0.411 e. The van der Waals surface area contributed by atoms with Crippen molar-refractivity contribution in [2.45, 2.75) is 45.6 Å². The van der Waals surface area contributed by atoms with Crippen LogP contribution in [0.2, 0.25) is 0 Å². The number of benzene rings is 1. The number of aliphatic imine (C=N–C) groups is 1.